The molecule has 7 nitrogen and oxygen atoms in total. The number of amides is 2. The van der Waals surface area contributed by atoms with Gasteiger partial charge in [-0.05, 0) is 61.7 Å². The van der Waals surface area contributed by atoms with Gasteiger partial charge in [-0.2, -0.15) is 0 Å². The van der Waals surface area contributed by atoms with Crippen molar-refractivity contribution < 1.29 is 18.0 Å². The SMILES string of the molecule is CC(C)NC(=O)[C@@H](Cc1ccccc1)N(Cc1ccc(Cl)cc1)C(=O)CCCN(c1cccc(Cl)c1)S(C)(=O)=O. The van der Waals surface area contributed by atoms with Crippen LogP contribution in [-0.2, 0) is 32.6 Å². The molecule has 0 fully saturated rings. The van der Waals surface area contributed by atoms with Crippen LogP contribution in [0.5, 0.6) is 0 Å². The smallest absolute Gasteiger partial charge is 0.243 e. The summed E-state index contributed by atoms with van der Waals surface area (Å²) in [5.74, 6) is -0.507. The summed E-state index contributed by atoms with van der Waals surface area (Å²) in [4.78, 5) is 28.8. The molecule has 0 saturated heterocycles. The predicted octanol–water partition coefficient (Wildman–Crippen LogP) is 5.70. The van der Waals surface area contributed by atoms with E-state index in [9.17, 15) is 18.0 Å². The Morgan fingerprint density at radius 1 is 0.875 bits per heavy atom. The lowest BCUT2D eigenvalue weighted by atomic mass is 10.0. The molecule has 0 radical (unpaired) electrons. The van der Waals surface area contributed by atoms with E-state index in [1.54, 1.807) is 41.3 Å². The number of benzene rings is 3. The van der Waals surface area contributed by atoms with E-state index in [1.807, 2.05) is 56.3 Å². The van der Waals surface area contributed by atoms with Gasteiger partial charge in [0.1, 0.15) is 6.04 Å². The zero-order valence-electron chi connectivity index (χ0n) is 22.9. The number of hydrogen-bond donors (Lipinski definition) is 1. The average molecular weight is 605 g/mol. The van der Waals surface area contributed by atoms with Crippen LogP contribution < -0.4 is 9.62 Å². The van der Waals surface area contributed by atoms with E-state index in [0.29, 0.717) is 22.2 Å². The van der Waals surface area contributed by atoms with Crippen LogP contribution >= 0.6 is 23.2 Å². The number of carbonyl (C=O) groups is 2. The van der Waals surface area contributed by atoms with Gasteiger partial charge in [-0.25, -0.2) is 8.42 Å². The molecule has 0 heterocycles. The number of rotatable bonds is 13. The molecule has 1 atom stereocenters. The highest BCUT2D eigenvalue weighted by Gasteiger charge is 2.31. The summed E-state index contributed by atoms with van der Waals surface area (Å²) in [5, 5.41) is 3.94. The first kappa shape index (κ1) is 31.5. The highest BCUT2D eigenvalue weighted by atomic mass is 35.5. The van der Waals surface area contributed by atoms with Crippen LogP contribution in [0.25, 0.3) is 0 Å². The second-order valence-electron chi connectivity index (χ2n) is 9.94. The molecule has 3 aromatic rings. The lowest BCUT2D eigenvalue weighted by Crippen LogP contribution is -2.51. The molecule has 3 rings (SSSR count). The molecule has 0 aromatic heterocycles. The maximum atomic E-state index is 13.8. The van der Waals surface area contributed by atoms with Gasteiger partial charge in [0.25, 0.3) is 0 Å². The van der Waals surface area contributed by atoms with E-state index in [-0.39, 0.29) is 43.8 Å². The summed E-state index contributed by atoms with van der Waals surface area (Å²) in [5.41, 5.74) is 2.17. The third-order valence-corrected chi connectivity index (χ3v) is 7.90. The summed E-state index contributed by atoms with van der Waals surface area (Å²) >= 11 is 12.2. The van der Waals surface area contributed by atoms with Gasteiger partial charge in [-0.1, -0.05) is 71.7 Å². The molecule has 0 saturated carbocycles. The largest absolute Gasteiger partial charge is 0.352 e. The maximum Gasteiger partial charge on any atom is 0.243 e. The van der Waals surface area contributed by atoms with Gasteiger partial charge >= 0.3 is 0 Å². The van der Waals surface area contributed by atoms with Crippen LogP contribution in [0.1, 0.15) is 37.8 Å². The molecular weight excluding hydrogens is 569 g/mol. The molecule has 10 heteroatoms. The zero-order valence-corrected chi connectivity index (χ0v) is 25.2. The fraction of sp³-hybridized carbons (Fsp3) is 0.333. The van der Waals surface area contributed by atoms with Gasteiger partial charge in [0.05, 0.1) is 11.9 Å². The first-order valence-corrected chi connectivity index (χ1v) is 15.7. The lowest BCUT2D eigenvalue weighted by Gasteiger charge is -2.32. The number of nitrogens with zero attached hydrogens (tertiary/aromatic N) is 2. The van der Waals surface area contributed by atoms with Gasteiger partial charge in [0, 0.05) is 42.0 Å². The summed E-state index contributed by atoms with van der Waals surface area (Å²) in [6.07, 6.45) is 1.74. The molecule has 1 N–H and O–H groups in total. The van der Waals surface area contributed by atoms with Crippen molar-refractivity contribution in [3.8, 4) is 0 Å². The number of halogens is 2. The van der Waals surface area contributed by atoms with Crippen LogP contribution in [-0.4, -0.2) is 50.0 Å². The molecule has 0 unspecified atom stereocenters. The van der Waals surface area contributed by atoms with Crippen molar-refractivity contribution in [3.05, 3.63) is 100 Å². The molecule has 3 aromatic carbocycles. The van der Waals surface area contributed by atoms with Crippen molar-refractivity contribution in [2.24, 2.45) is 0 Å². The molecule has 0 aliphatic heterocycles. The summed E-state index contributed by atoms with van der Waals surface area (Å²) in [7, 11) is -3.62. The van der Waals surface area contributed by atoms with Gasteiger partial charge in [-0.3, -0.25) is 13.9 Å². The minimum Gasteiger partial charge on any atom is -0.352 e. The zero-order chi connectivity index (χ0) is 29.3. The Morgan fingerprint density at radius 3 is 2.15 bits per heavy atom. The van der Waals surface area contributed by atoms with Gasteiger partial charge in [-0.15, -0.1) is 0 Å². The third kappa shape index (κ3) is 9.54. The Labute approximate surface area is 247 Å². The fourth-order valence-corrected chi connectivity index (χ4v) is 5.62. The van der Waals surface area contributed by atoms with Crippen molar-refractivity contribution in [3.63, 3.8) is 0 Å². The molecule has 0 bridgehead atoms. The van der Waals surface area contributed by atoms with Gasteiger partial charge in [0.15, 0.2) is 0 Å². The topological polar surface area (TPSA) is 86.8 Å². The molecule has 214 valence electrons. The summed E-state index contributed by atoms with van der Waals surface area (Å²) < 4.78 is 26.3. The first-order chi connectivity index (χ1) is 18.9. The monoisotopic (exact) mass is 603 g/mol. The Hall–Kier alpha value is -3.07. The van der Waals surface area contributed by atoms with Crippen LogP contribution in [0.15, 0.2) is 78.9 Å². The highest BCUT2D eigenvalue weighted by Crippen LogP contribution is 2.23. The van der Waals surface area contributed by atoms with E-state index in [4.69, 9.17) is 23.2 Å². The second kappa shape index (κ2) is 14.5. The standard InChI is InChI=1S/C30H35Cl2N3O4S/c1-22(2)33-30(37)28(19-23-9-5-4-6-10-23)34(21-24-14-16-25(31)17-15-24)29(36)13-8-18-35(40(3,38)39)27-12-7-11-26(32)20-27/h4-7,9-12,14-17,20,22,28H,8,13,18-19,21H2,1-3H3,(H,33,37)/t28-/m1/s1. The first-order valence-electron chi connectivity index (χ1n) is 13.1. The average Bonchev–Trinajstić information content (AvgIpc) is 2.89. The Kier molecular flexibility index (Phi) is 11.4. The maximum absolute atomic E-state index is 13.8. The molecule has 0 aliphatic rings. The Bertz CT molecular complexity index is 1380. The quantitative estimate of drug-likeness (QED) is 0.271. The molecule has 0 aliphatic carbocycles. The number of carbonyl (C=O) groups excluding carboxylic acids is 2. The van der Waals surface area contributed by atoms with Crippen molar-refractivity contribution in [1.82, 2.24) is 10.2 Å². The van der Waals surface area contributed by atoms with Crippen molar-refractivity contribution >= 4 is 50.7 Å². The number of nitrogens with one attached hydrogen (secondary N) is 1. The summed E-state index contributed by atoms with van der Waals surface area (Å²) in [6.45, 7) is 4.03. The minimum absolute atomic E-state index is 0.0421. The van der Waals surface area contributed by atoms with E-state index >= 15 is 0 Å². The van der Waals surface area contributed by atoms with E-state index < -0.39 is 16.1 Å². The fourth-order valence-electron chi connectivity index (χ4n) is 4.36. The van der Waals surface area contributed by atoms with Crippen LogP contribution in [0.4, 0.5) is 5.69 Å². The van der Waals surface area contributed by atoms with Crippen molar-refractivity contribution in [2.75, 3.05) is 17.1 Å². The lowest BCUT2D eigenvalue weighted by molar-refractivity contribution is -0.141. The molecule has 2 amide bonds. The minimum atomic E-state index is -3.62. The molecule has 40 heavy (non-hydrogen) atoms. The van der Waals surface area contributed by atoms with Crippen LogP contribution in [0.2, 0.25) is 10.0 Å². The van der Waals surface area contributed by atoms with E-state index in [2.05, 4.69) is 5.32 Å². The molecular formula is C30H35Cl2N3O4S. The molecule has 0 spiro atoms. The number of hydrogen-bond acceptors (Lipinski definition) is 4. The second-order valence-corrected chi connectivity index (χ2v) is 12.7. The van der Waals surface area contributed by atoms with Gasteiger partial charge in [0.2, 0.25) is 21.8 Å². The highest BCUT2D eigenvalue weighted by molar-refractivity contribution is 7.92. The van der Waals surface area contributed by atoms with Gasteiger partial charge < -0.3 is 10.2 Å². The van der Waals surface area contributed by atoms with Crippen molar-refractivity contribution in [1.29, 1.82) is 0 Å². The van der Waals surface area contributed by atoms with E-state index in [1.165, 1.54) is 4.31 Å². The van der Waals surface area contributed by atoms with E-state index in [0.717, 1.165) is 17.4 Å². The van der Waals surface area contributed by atoms with Crippen LogP contribution in [0.3, 0.4) is 0 Å². The Balaban J connectivity index is 1.87. The number of anilines is 1. The third-order valence-electron chi connectivity index (χ3n) is 6.22. The Morgan fingerprint density at radius 2 is 1.55 bits per heavy atom. The van der Waals surface area contributed by atoms with Crippen LogP contribution in [0, 0.1) is 0 Å². The normalized spacial score (nSPS) is 12.2. The summed E-state index contributed by atoms with van der Waals surface area (Å²) in [6, 6.07) is 22.4. The number of sulfonamides is 1. The predicted molar refractivity (Wildman–Crippen MR) is 162 cm³/mol. The van der Waals surface area contributed by atoms with Crippen molar-refractivity contribution in [2.45, 2.75) is 51.7 Å².